The molecule has 2 atom stereocenters. The van der Waals surface area contributed by atoms with Crippen molar-refractivity contribution in [2.24, 2.45) is 5.92 Å². The van der Waals surface area contributed by atoms with Gasteiger partial charge in [-0.05, 0) is 29.7 Å². The van der Waals surface area contributed by atoms with E-state index in [1.165, 1.54) is 6.20 Å². The minimum absolute atomic E-state index is 0.0654. The number of aromatic amines is 1. The summed E-state index contributed by atoms with van der Waals surface area (Å²) < 4.78 is 38.6. The van der Waals surface area contributed by atoms with E-state index in [9.17, 15) is 22.4 Å². The van der Waals surface area contributed by atoms with Gasteiger partial charge in [0.2, 0.25) is 15.9 Å². The van der Waals surface area contributed by atoms with E-state index in [-0.39, 0.29) is 31.1 Å². The minimum Gasteiger partial charge on any atom is -0.356 e. The van der Waals surface area contributed by atoms with Crippen LogP contribution in [0.5, 0.6) is 0 Å². The molecule has 2 aliphatic rings. The highest BCUT2D eigenvalue weighted by Crippen LogP contribution is 2.36. The Morgan fingerprint density at radius 2 is 1.97 bits per heavy atom. The summed E-state index contributed by atoms with van der Waals surface area (Å²) in [6.45, 7) is -0.149. The molecular weight excluding hydrogens is 459 g/mol. The van der Waals surface area contributed by atoms with Crippen LogP contribution < -0.4 is 5.32 Å². The predicted octanol–water partition coefficient (Wildman–Crippen LogP) is 2.92. The molecule has 1 aliphatic heterocycles. The molecule has 0 radical (unpaired) electrons. The zero-order chi connectivity index (χ0) is 24.0. The Hall–Kier alpha value is -3.37. The number of H-pyrrole nitrogens is 1. The highest BCUT2D eigenvalue weighted by atomic mass is 32.2. The number of sulfonamides is 1. The number of amides is 1. The van der Waals surface area contributed by atoms with Gasteiger partial charge in [0.25, 0.3) is 0 Å². The average Bonchev–Trinajstić information content (AvgIpc) is 3.42. The van der Waals surface area contributed by atoms with Gasteiger partial charge in [-0.2, -0.15) is 4.31 Å². The molecule has 34 heavy (non-hydrogen) atoms. The van der Waals surface area contributed by atoms with Crippen LogP contribution in [0.15, 0.2) is 48.7 Å². The van der Waals surface area contributed by atoms with Crippen molar-refractivity contribution in [2.75, 3.05) is 18.1 Å². The molecule has 1 aliphatic carbocycles. The maximum Gasteiger partial charge on any atom is 0.231 e. The van der Waals surface area contributed by atoms with Crippen molar-refractivity contribution in [1.82, 2.24) is 14.3 Å². The van der Waals surface area contributed by atoms with Crippen LogP contribution in [-0.2, 0) is 27.8 Å². The highest BCUT2D eigenvalue weighted by Gasteiger charge is 2.43. The third kappa shape index (κ3) is 4.38. The van der Waals surface area contributed by atoms with Crippen LogP contribution in [0, 0.1) is 5.92 Å². The Bertz CT molecular complexity index is 1390. The summed E-state index contributed by atoms with van der Waals surface area (Å²) in [6.07, 6.45) is 2.18. The SMILES string of the molecule is CS(=O)(=O)N1CC(=O)c2c([nH]c(-c3ccnc(NC(=O)[C@@H]4C[C@@H]4F)c3)c2Cc2ccccc2)C1. The molecule has 3 heterocycles. The van der Waals surface area contributed by atoms with E-state index >= 15 is 0 Å². The molecule has 0 saturated heterocycles. The van der Waals surface area contributed by atoms with Gasteiger partial charge in [-0.15, -0.1) is 0 Å². The molecule has 10 heteroatoms. The maximum absolute atomic E-state index is 13.3. The van der Waals surface area contributed by atoms with Crippen molar-refractivity contribution < 1.29 is 22.4 Å². The first-order valence-electron chi connectivity index (χ1n) is 10.9. The monoisotopic (exact) mass is 482 g/mol. The summed E-state index contributed by atoms with van der Waals surface area (Å²) in [5, 5.41) is 2.65. The van der Waals surface area contributed by atoms with E-state index in [1.807, 2.05) is 30.3 Å². The lowest BCUT2D eigenvalue weighted by Gasteiger charge is -2.24. The number of nitrogens with zero attached hydrogens (tertiary/aromatic N) is 2. The van der Waals surface area contributed by atoms with Gasteiger partial charge < -0.3 is 10.3 Å². The van der Waals surface area contributed by atoms with E-state index in [4.69, 9.17) is 0 Å². The van der Waals surface area contributed by atoms with Crippen LogP contribution in [0.3, 0.4) is 0 Å². The summed E-state index contributed by atoms with van der Waals surface area (Å²) >= 11 is 0. The molecule has 176 valence electrons. The fourth-order valence-corrected chi connectivity index (χ4v) is 5.00. The summed E-state index contributed by atoms with van der Waals surface area (Å²) in [4.78, 5) is 32.7. The number of halogens is 1. The summed E-state index contributed by atoms with van der Waals surface area (Å²) in [6, 6.07) is 13.1. The second-order valence-corrected chi connectivity index (χ2v) is 10.7. The van der Waals surface area contributed by atoms with E-state index < -0.39 is 28.0 Å². The number of pyridine rings is 1. The van der Waals surface area contributed by atoms with Gasteiger partial charge >= 0.3 is 0 Å². The lowest BCUT2D eigenvalue weighted by molar-refractivity contribution is -0.117. The quantitative estimate of drug-likeness (QED) is 0.561. The van der Waals surface area contributed by atoms with Crippen LogP contribution in [-0.4, -0.2) is 53.4 Å². The van der Waals surface area contributed by atoms with E-state index in [1.54, 1.807) is 12.1 Å². The zero-order valence-corrected chi connectivity index (χ0v) is 19.2. The number of carbonyl (C=O) groups excluding carboxylic acids is 2. The van der Waals surface area contributed by atoms with Gasteiger partial charge in [0.15, 0.2) is 5.78 Å². The fourth-order valence-electron chi connectivity index (χ4n) is 4.29. The number of nitrogens with one attached hydrogen (secondary N) is 2. The van der Waals surface area contributed by atoms with Crippen LogP contribution in [0.25, 0.3) is 11.3 Å². The van der Waals surface area contributed by atoms with Crippen molar-refractivity contribution in [3.05, 3.63) is 71.0 Å². The Morgan fingerprint density at radius 3 is 2.65 bits per heavy atom. The van der Waals surface area contributed by atoms with Crippen molar-refractivity contribution in [1.29, 1.82) is 0 Å². The first-order valence-corrected chi connectivity index (χ1v) is 12.7. The Morgan fingerprint density at radius 1 is 1.24 bits per heavy atom. The maximum atomic E-state index is 13.3. The van der Waals surface area contributed by atoms with E-state index in [0.717, 1.165) is 21.7 Å². The van der Waals surface area contributed by atoms with Crippen molar-refractivity contribution in [3.8, 4) is 11.3 Å². The molecule has 0 unspecified atom stereocenters. The molecule has 1 amide bonds. The lowest BCUT2D eigenvalue weighted by atomic mass is 9.94. The summed E-state index contributed by atoms with van der Waals surface area (Å²) in [5.74, 6) is -1.04. The van der Waals surface area contributed by atoms with Gasteiger partial charge in [-0.1, -0.05) is 30.3 Å². The second-order valence-electron chi connectivity index (χ2n) is 8.73. The molecule has 0 spiro atoms. The van der Waals surface area contributed by atoms with Crippen LogP contribution in [0.2, 0.25) is 0 Å². The third-order valence-corrected chi connectivity index (χ3v) is 7.35. The topological polar surface area (TPSA) is 112 Å². The van der Waals surface area contributed by atoms with Gasteiger partial charge in [0, 0.05) is 29.4 Å². The number of Topliss-reactive ketones (excluding diaryl/α,β-unsaturated/α-hetero) is 1. The van der Waals surface area contributed by atoms with Crippen molar-refractivity contribution in [2.45, 2.75) is 25.6 Å². The first-order chi connectivity index (χ1) is 16.2. The van der Waals surface area contributed by atoms with E-state index in [2.05, 4.69) is 15.3 Å². The average molecular weight is 483 g/mol. The van der Waals surface area contributed by atoms with Crippen molar-refractivity contribution >= 4 is 27.5 Å². The second kappa shape index (κ2) is 8.44. The minimum atomic E-state index is -3.55. The van der Waals surface area contributed by atoms with Gasteiger partial charge in [-0.25, -0.2) is 17.8 Å². The Balaban J connectivity index is 1.56. The van der Waals surface area contributed by atoms with Crippen molar-refractivity contribution in [3.63, 3.8) is 0 Å². The zero-order valence-electron chi connectivity index (χ0n) is 18.4. The molecule has 0 bridgehead atoms. The molecule has 3 aromatic rings. The predicted molar refractivity (Wildman–Crippen MR) is 124 cm³/mol. The van der Waals surface area contributed by atoms with E-state index in [0.29, 0.717) is 28.9 Å². The van der Waals surface area contributed by atoms with Gasteiger partial charge in [-0.3, -0.25) is 9.59 Å². The number of aromatic nitrogens is 2. The first kappa shape index (κ1) is 22.4. The third-order valence-electron chi connectivity index (χ3n) is 6.16. The number of benzene rings is 1. The smallest absolute Gasteiger partial charge is 0.231 e. The molecule has 2 N–H and O–H groups in total. The normalized spacial score (nSPS) is 20.1. The standard InChI is InChI=1S/C24H23FN4O4S/c1-34(32,33)29-12-19-22(20(30)13-29)17(9-14-5-3-2-4-6-14)23(27-19)15-7-8-26-21(10-15)28-24(31)16-11-18(16)25/h2-8,10,16,18,27H,9,11-13H2,1H3,(H,26,28,31)/t16-,18+/m1/s1. The van der Waals surface area contributed by atoms with Crippen LogP contribution in [0.1, 0.15) is 33.6 Å². The number of ketones is 1. The number of hydrogen-bond donors (Lipinski definition) is 2. The molecule has 2 aromatic heterocycles. The summed E-state index contributed by atoms with van der Waals surface area (Å²) in [7, 11) is -3.55. The Labute approximate surface area is 196 Å². The van der Waals surface area contributed by atoms with Gasteiger partial charge in [0.1, 0.15) is 12.0 Å². The number of rotatable bonds is 6. The van der Waals surface area contributed by atoms with Gasteiger partial charge in [0.05, 0.1) is 31.0 Å². The molecule has 5 rings (SSSR count). The number of fused-ring (bicyclic) bond motifs is 1. The number of anilines is 1. The lowest BCUT2D eigenvalue weighted by Crippen LogP contribution is -2.38. The number of carbonyl (C=O) groups is 2. The largest absolute Gasteiger partial charge is 0.356 e. The summed E-state index contributed by atoms with van der Waals surface area (Å²) in [5.41, 5.74) is 4.12. The molecule has 8 nitrogen and oxygen atoms in total. The Kier molecular flexibility index (Phi) is 5.57. The fraction of sp³-hybridized carbons (Fsp3) is 0.292. The molecular formula is C24H23FN4O4S. The highest BCUT2D eigenvalue weighted by molar-refractivity contribution is 7.88. The molecule has 1 fully saturated rings. The van der Waals surface area contributed by atoms with Crippen LogP contribution >= 0.6 is 0 Å². The van der Waals surface area contributed by atoms with Crippen LogP contribution in [0.4, 0.5) is 10.2 Å². The molecule has 1 aromatic carbocycles. The number of hydrogen-bond acceptors (Lipinski definition) is 5. The molecule has 1 saturated carbocycles. The number of alkyl halides is 1.